The van der Waals surface area contributed by atoms with Crippen molar-refractivity contribution in [3.05, 3.63) is 46.7 Å². The Bertz CT molecular complexity index is 902. The summed E-state index contributed by atoms with van der Waals surface area (Å²) in [7, 11) is 0. The van der Waals surface area contributed by atoms with Gasteiger partial charge in [0, 0.05) is 17.8 Å². The van der Waals surface area contributed by atoms with E-state index in [9.17, 15) is 4.79 Å². The first-order valence-corrected chi connectivity index (χ1v) is 10.9. The van der Waals surface area contributed by atoms with Gasteiger partial charge in [0.2, 0.25) is 5.89 Å². The molecule has 0 saturated carbocycles. The first kappa shape index (κ1) is 19.6. The summed E-state index contributed by atoms with van der Waals surface area (Å²) in [5.74, 6) is 0.348. The molecule has 2 N–H and O–H groups in total. The second-order valence-corrected chi connectivity index (χ2v) is 8.05. The fraction of sp³-hybridized carbons (Fsp3) is 0.381. The third kappa shape index (κ3) is 5.42. The van der Waals surface area contributed by atoms with Crippen LogP contribution in [-0.2, 0) is 0 Å². The smallest absolute Gasteiger partial charge is 0.315 e. The van der Waals surface area contributed by atoms with Crippen molar-refractivity contribution in [1.82, 2.24) is 15.1 Å². The van der Waals surface area contributed by atoms with Gasteiger partial charge in [-0.05, 0) is 74.6 Å². The van der Waals surface area contributed by atoms with Crippen molar-refractivity contribution in [3.8, 4) is 11.5 Å². The van der Waals surface area contributed by atoms with Gasteiger partial charge in [0.15, 0.2) is 0 Å². The molecule has 0 spiro atoms. The Morgan fingerprint density at radius 3 is 2.69 bits per heavy atom. The van der Waals surface area contributed by atoms with Crippen molar-refractivity contribution in [2.45, 2.75) is 25.7 Å². The molecular formula is C21H25N5O2S. The van der Waals surface area contributed by atoms with E-state index in [1.807, 2.05) is 35.7 Å². The van der Waals surface area contributed by atoms with Crippen LogP contribution in [0.5, 0.6) is 0 Å². The summed E-state index contributed by atoms with van der Waals surface area (Å²) in [5, 5.41) is 16.1. The van der Waals surface area contributed by atoms with E-state index in [0.29, 0.717) is 16.8 Å². The molecule has 152 valence electrons. The van der Waals surface area contributed by atoms with Gasteiger partial charge in [0.1, 0.15) is 0 Å². The highest BCUT2D eigenvalue weighted by molar-refractivity contribution is 7.12. The molecule has 0 atom stereocenters. The van der Waals surface area contributed by atoms with E-state index in [0.717, 1.165) is 30.8 Å². The largest absolute Gasteiger partial charge is 0.403 e. The summed E-state index contributed by atoms with van der Waals surface area (Å²) < 4.78 is 5.71. The highest BCUT2D eigenvalue weighted by Gasteiger charge is 2.11. The maximum absolute atomic E-state index is 12.1. The number of benzene rings is 1. The topological polar surface area (TPSA) is 83.3 Å². The number of aromatic nitrogens is 2. The van der Waals surface area contributed by atoms with Gasteiger partial charge in [-0.2, -0.15) is 0 Å². The molecule has 1 aliphatic rings. The van der Waals surface area contributed by atoms with Gasteiger partial charge >= 0.3 is 6.01 Å². The average Bonchev–Trinajstić information content (AvgIpc) is 3.45. The highest BCUT2D eigenvalue weighted by atomic mass is 32.1. The molecule has 3 aromatic rings. The Hall–Kier alpha value is -2.71. The number of rotatable bonds is 8. The van der Waals surface area contributed by atoms with Crippen molar-refractivity contribution in [2.75, 3.05) is 36.8 Å². The summed E-state index contributed by atoms with van der Waals surface area (Å²) in [4.78, 5) is 15.3. The second-order valence-electron chi connectivity index (χ2n) is 7.10. The molecule has 0 radical (unpaired) electrons. The van der Waals surface area contributed by atoms with Crippen LogP contribution in [-0.4, -0.2) is 47.2 Å². The Labute approximate surface area is 174 Å². The van der Waals surface area contributed by atoms with Gasteiger partial charge in [-0.3, -0.25) is 4.79 Å². The van der Waals surface area contributed by atoms with Gasteiger partial charge in [-0.25, -0.2) is 0 Å². The lowest BCUT2D eigenvalue weighted by molar-refractivity contribution is 0.103. The van der Waals surface area contributed by atoms with Crippen molar-refractivity contribution < 1.29 is 9.21 Å². The zero-order valence-electron chi connectivity index (χ0n) is 16.3. The van der Waals surface area contributed by atoms with Crippen LogP contribution in [0.15, 0.2) is 46.2 Å². The van der Waals surface area contributed by atoms with Gasteiger partial charge in [0.25, 0.3) is 5.91 Å². The number of thiophene rings is 1. The third-order valence-corrected chi connectivity index (χ3v) is 5.80. The lowest BCUT2D eigenvalue weighted by atomic mass is 10.1. The summed E-state index contributed by atoms with van der Waals surface area (Å²) in [5.41, 5.74) is 1.54. The molecule has 8 heteroatoms. The fourth-order valence-corrected chi connectivity index (χ4v) is 4.01. The Balaban J connectivity index is 1.25. The van der Waals surface area contributed by atoms with Crippen LogP contribution in [0.4, 0.5) is 11.7 Å². The van der Waals surface area contributed by atoms with Crippen molar-refractivity contribution in [1.29, 1.82) is 0 Å². The number of carbonyl (C=O) groups excluding carboxylic acids is 1. The summed E-state index contributed by atoms with van der Waals surface area (Å²) >= 11 is 1.41. The number of hydrogen-bond acceptors (Lipinski definition) is 7. The average molecular weight is 412 g/mol. The molecule has 3 heterocycles. The van der Waals surface area contributed by atoms with Crippen molar-refractivity contribution in [2.24, 2.45) is 0 Å². The zero-order chi connectivity index (χ0) is 19.9. The summed E-state index contributed by atoms with van der Waals surface area (Å²) in [6, 6.07) is 11.5. The first-order valence-electron chi connectivity index (χ1n) is 10.0. The molecule has 2 aromatic heterocycles. The molecule has 1 saturated heterocycles. The molecule has 4 rings (SSSR count). The van der Waals surface area contributed by atoms with Gasteiger partial charge < -0.3 is 20.0 Å². The Kier molecular flexibility index (Phi) is 6.53. The zero-order valence-corrected chi connectivity index (χ0v) is 17.1. The number of anilines is 2. The molecule has 1 aliphatic heterocycles. The molecule has 1 aromatic carbocycles. The molecule has 0 aliphatic carbocycles. The molecule has 1 fully saturated rings. The lowest BCUT2D eigenvalue weighted by Crippen LogP contribution is -2.31. The third-order valence-electron chi connectivity index (χ3n) is 4.94. The molecule has 7 nitrogen and oxygen atoms in total. The van der Waals surface area contributed by atoms with Gasteiger partial charge in [-0.15, -0.1) is 16.4 Å². The van der Waals surface area contributed by atoms with E-state index in [-0.39, 0.29) is 5.91 Å². The minimum Gasteiger partial charge on any atom is -0.403 e. The van der Waals surface area contributed by atoms with Crippen molar-refractivity contribution in [3.63, 3.8) is 0 Å². The molecule has 29 heavy (non-hydrogen) atoms. The van der Waals surface area contributed by atoms with E-state index in [4.69, 9.17) is 4.42 Å². The van der Waals surface area contributed by atoms with E-state index in [1.165, 1.54) is 43.7 Å². The van der Waals surface area contributed by atoms with Crippen LogP contribution < -0.4 is 10.6 Å². The van der Waals surface area contributed by atoms with E-state index in [2.05, 4.69) is 25.7 Å². The van der Waals surface area contributed by atoms with E-state index < -0.39 is 0 Å². The Morgan fingerprint density at radius 1 is 1.10 bits per heavy atom. The summed E-state index contributed by atoms with van der Waals surface area (Å²) in [6.45, 7) is 4.35. The van der Waals surface area contributed by atoms with E-state index in [1.54, 1.807) is 6.07 Å². The first-order chi connectivity index (χ1) is 14.3. The molecule has 0 unspecified atom stereocenters. The van der Waals surface area contributed by atoms with Crippen LogP contribution in [0, 0.1) is 0 Å². The number of nitrogens with zero attached hydrogens (tertiary/aromatic N) is 3. The standard InChI is InChI=1S/C21H25N5O2S/c27-19(18-6-4-15-29-18)23-17-9-7-16(8-10-17)20-24-25-21(28-20)22-11-5-14-26-12-2-1-3-13-26/h4,6-10,15H,1-3,5,11-14H2,(H,22,25)(H,23,27). The monoisotopic (exact) mass is 411 g/mol. The number of amides is 1. The van der Waals surface area contributed by atoms with E-state index >= 15 is 0 Å². The highest BCUT2D eigenvalue weighted by Crippen LogP contribution is 2.22. The molecular weight excluding hydrogens is 386 g/mol. The SMILES string of the molecule is O=C(Nc1ccc(-c2nnc(NCCCN3CCCCC3)o2)cc1)c1cccs1. The number of piperidine rings is 1. The number of hydrogen-bond donors (Lipinski definition) is 2. The van der Waals surface area contributed by atoms with Gasteiger partial charge in [0.05, 0.1) is 4.88 Å². The van der Waals surface area contributed by atoms with Crippen molar-refractivity contribution >= 4 is 28.9 Å². The maximum atomic E-state index is 12.1. The second kappa shape index (κ2) is 9.67. The van der Waals surface area contributed by atoms with Crippen LogP contribution in [0.2, 0.25) is 0 Å². The molecule has 1 amide bonds. The van der Waals surface area contributed by atoms with Crippen LogP contribution >= 0.6 is 11.3 Å². The van der Waals surface area contributed by atoms with Crippen LogP contribution in [0.25, 0.3) is 11.5 Å². The number of nitrogens with one attached hydrogen (secondary N) is 2. The lowest BCUT2D eigenvalue weighted by Gasteiger charge is -2.26. The summed E-state index contributed by atoms with van der Waals surface area (Å²) in [6.07, 6.45) is 5.05. The molecule has 0 bridgehead atoms. The van der Waals surface area contributed by atoms with Crippen LogP contribution in [0.1, 0.15) is 35.4 Å². The number of likely N-dealkylation sites (tertiary alicyclic amines) is 1. The van der Waals surface area contributed by atoms with Gasteiger partial charge in [-0.1, -0.05) is 17.6 Å². The normalized spacial score (nSPS) is 14.6. The number of carbonyl (C=O) groups is 1. The quantitative estimate of drug-likeness (QED) is 0.537. The Morgan fingerprint density at radius 2 is 1.93 bits per heavy atom. The minimum absolute atomic E-state index is 0.110. The predicted octanol–water partition coefficient (Wildman–Crippen LogP) is 4.34. The maximum Gasteiger partial charge on any atom is 0.315 e. The minimum atomic E-state index is -0.110. The predicted molar refractivity (Wildman–Crippen MR) is 115 cm³/mol. The van der Waals surface area contributed by atoms with Crippen LogP contribution in [0.3, 0.4) is 0 Å². The fourth-order valence-electron chi connectivity index (χ4n) is 3.39.